The molecule has 0 spiro atoms. The van der Waals surface area contributed by atoms with Gasteiger partial charge in [-0.2, -0.15) is 0 Å². The van der Waals surface area contributed by atoms with E-state index in [4.69, 9.17) is 5.11 Å². The van der Waals surface area contributed by atoms with Crippen molar-refractivity contribution >= 4 is 12.0 Å². The van der Waals surface area contributed by atoms with Gasteiger partial charge >= 0.3 is 12.0 Å². The molecule has 3 N–H and O–H groups in total. The number of carbonyl (C=O) groups excluding carboxylic acids is 1. The quantitative estimate of drug-likeness (QED) is 0.588. The van der Waals surface area contributed by atoms with E-state index >= 15 is 0 Å². The molecule has 0 aliphatic carbocycles. The molecule has 19 heavy (non-hydrogen) atoms. The minimum Gasteiger partial charge on any atom is -0.480 e. The van der Waals surface area contributed by atoms with Gasteiger partial charge < -0.3 is 20.6 Å². The molecular formula is C13H27N3O3. The second-order valence-corrected chi connectivity index (χ2v) is 4.89. The summed E-state index contributed by atoms with van der Waals surface area (Å²) in [6.45, 7) is 11.0. The van der Waals surface area contributed by atoms with Crippen LogP contribution in [0.2, 0.25) is 0 Å². The van der Waals surface area contributed by atoms with Crippen LogP contribution in [0, 0.1) is 5.92 Å². The van der Waals surface area contributed by atoms with Crippen molar-refractivity contribution in [3.8, 4) is 0 Å². The van der Waals surface area contributed by atoms with Crippen LogP contribution in [-0.2, 0) is 4.79 Å². The summed E-state index contributed by atoms with van der Waals surface area (Å²) >= 11 is 0. The third-order valence-electron chi connectivity index (χ3n) is 2.92. The highest BCUT2D eigenvalue weighted by atomic mass is 16.4. The zero-order valence-corrected chi connectivity index (χ0v) is 12.4. The average Bonchev–Trinajstić information content (AvgIpc) is 2.34. The van der Waals surface area contributed by atoms with E-state index in [1.54, 1.807) is 13.8 Å². The van der Waals surface area contributed by atoms with Gasteiger partial charge in [-0.15, -0.1) is 0 Å². The molecule has 0 saturated carbocycles. The summed E-state index contributed by atoms with van der Waals surface area (Å²) in [4.78, 5) is 24.8. The van der Waals surface area contributed by atoms with Crippen molar-refractivity contribution in [2.75, 3.05) is 26.2 Å². The van der Waals surface area contributed by atoms with E-state index in [2.05, 4.69) is 29.4 Å². The lowest BCUT2D eigenvalue weighted by Crippen LogP contribution is -2.49. The van der Waals surface area contributed by atoms with Crippen molar-refractivity contribution in [1.29, 1.82) is 0 Å². The molecule has 112 valence electrons. The van der Waals surface area contributed by atoms with Gasteiger partial charge in [-0.3, -0.25) is 0 Å². The topological polar surface area (TPSA) is 81.7 Å². The van der Waals surface area contributed by atoms with Gasteiger partial charge in [-0.25, -0.2) is 9.59 Å². The molecule has 0 aliphatic heterocycles. The Bertz CT molecular complexity index is 282. The summed E-state index contributed by atoms with van der Waals surface area (Å²) in [5.74, 6) is -1.15. The smallest absolute Gasteiger partial charge is 0.326 e. The fourth-order valence-electron chi connectivity index (χ4n) is 1.78. The number of urea groups is 1. The van der Waals surface area contributed by atoms with Crippen LogP contribution in [0.15, 0.2) is 0 Å². The van der Waals surface area contributed by atoms with E-state index in [9.17, 15) is 9.59 Å². The minimum atomic E-state index is -1.01. The fraction of sp³-hybridized carbons (Fsp3) is 0.846. The first kappa shape index (κ1) is 17.7. The maximum atomic E-state index is 11.6. The van der Waals surface area contributed by atoms with Gasteiger partial charge in [0.1, 0.15) is 6.04 Å². The first-order valence-corrected chi connectivity index (χ1v) is 6.91. The number of carbonyl (C=O) groups is 2. The number of nitrogens with zero attached hydrogens (tertiary/aromatic N) is 1. The number of hydrogen-bond acceptors (Lipinski definition) is 3. The predicted molar refractivity (Wildman–Crippen MR) is 75.2 cm³/mol. The van der Waals surface area contributed by atoms with Crippen molar-refractivity contribution in [2.45, 2.75) is 40.2 Å². The van der Waals surface area contributed by atoms with Crippen LogP contribution in [0.3, 0.4) is 0 Å². The molecule has 6 heteroatoms. The van der Waals surface area contributed by atoms with Crippen LogP contribution in [0.4, 0.5) is 4.79 Å². The summed E-state index contributed by atoms with van der Waals surface area (Å²) < 4.78 is 0. The Balaban J connectivity index is 4.01. The third kappa shape index (κ3) is 7.66. The number of amides is 2. The molecule has 0 aromatic rings. The van der Waals surface area contributed by atoms with E-state index in [-0.39, 0.29) is 5.92 Å². The number of carboxylic acids is 1. The first-order chi connectivity index (χ1) is 8.92. The number of rotatable bonds is 9. The predicted octanol–water partition coefficient (Wildman–Crippen LogP) is 1.13. The summed E-state index contributed by atoms with van der Waals surface area (Å²) in [7, 11) is 0. The summed E-state index contributed by atoms with van der Waals surface area (Å²) in [6.07, 6.45) is 1.08. The lowest BCUT2D eigenvalue weighted by Gasteiger charge is -2.21. The van der Waals surface area contributed by atoms with E-state index in [0.717, 1.165) is 26.1 Å². The van der Waals surface area contributed by atoms with Crippen LogP contribution in [0.5, 0.6) is 0 Å². The van der Waals surface area contributed by atoms with Gasteiger partial charge in [0.2, 0.25) is 0 Å². The Kier molecular flexibility index (Phi) is 8.95. The zero-order valence-electron chi connectivity index (χ0n) is 12.4. The molecule has 0 aromatic heterocycles. The Morgan fingerprint density at radius 3 is 2.26 bits per heavy atom. The van der Waals surface area contributed by atoms with Crippen molar-refractivity contribution in [3.63, 3.8) is 0 Å². The summed E-state index contributed by atoms with van der Waals surface area (Å²) in [6, 6.07) is -1.27. The average molecular weight is 273 g/mol. The first-order valence-electron chi connectivity index (χ1n) is 6.91. The second kappa shape index (κ2) is 9.61. The molecule has 0 saturated heterocycles. The number of hydrogen-bond donors (Lipinski definition) is 3. The molecule has 0 fully saturated rings. The number of nitrogens with one attached hydrogen (secondary N) is 2. The van der Waals surface area contributed by atoms with Crippen molar-refractivity contribution in [2.24, 2.45) is 5.92 Å². The molecule has 2 amide bonds. The minimum absolute atomic E-state index is 0.143. The van der Waals surface area contributed by atoms with Gasteiger partial charge in [0.15, 0.2) is 0 Å². The third-order valence-corrected chi connectivity index (χ3v) is 2.92. The maximum Gasteiger partial charge on any atom is 0.326 e. The van der Waals surface area contributed by atoms with E-state index in [0.29, 0.717) is 6.54 Å². The summed E-state index contributed by atoms with van der Waals surface area (Å²) in [5, 5.41) is 14.1. The number of aliphatic carboxylic acids is 1. The fourth-order valence-corrected chi connectivity index (χ4v) is 1.78. The monoisotopic (exact) mass is 273 g/mol. The Morgan fingerprint density at radius 2 is 1.84 bits per heavy atom. The lowest BCUT2D eigenvalue weighted by molar-refractivity contribution is -0.140. The van der Waals surface area contributed by atoms with E-state index in [1.807, 2.05) is 0 Å². The SMILES string of the molecule is CCCN(CC)CCNC(=O)NC(C(=O)O)C(C)C. The number of carboxylic acid groups (broad SMARTS) is 1. The molecule has 0 aromatic carbocycles. The molecule has 0 aliphatic rings. The van der Waals surface area contributed by atoms with Crippen LogP contribution >= 0.6 is 0 Å². The second-order valence-electron chi connectivity index (χ2n) is 4.89. The molecule has 6 nitrogen and oxygen atoms in total. The van der Waals surface area contributed by atoms with Gasteiger partial charge in [0, 0.05) is 13.1 Å². The Morgan fingerprint density at radius 1 is 1.21 bits per heavy atom. The van der Waals surface area contributed by atoms with Gasteiger partial charge in [-0.1, -0.05) is 27.7 Å². The van der Waals surface area contributed by atoms with Crippen molar-refractivity contribution in [1.82, 2.24) is 15.5 Å². The molecule has 0 radical (unpaired) electrons. The van der Waals surface area contributed by atoms with Crippen molar-refractivity contribution in [3.05, 3.63) is 0 Å². The molecule has 0 rings (SSSR count). The highest BCUT2D eigenvalue weighted by Crippen LogP contribution is 2.01. The largest absolute Gasteiger partial charge is 0.480 e. The highest BCUT2D eigenvalue weighted by Gasteiger charge is 2.23. The lowest BCUT2D eigenvalue weighted by atomic mass is 10.1. The normalized spacial score (nSPS) is 12.5. The van der Waals surface area contributed by atoms with Crippen LogP contribution in [0.1, 0.15) is 34.1 Å². The van der Waals surface area contributed by atoms with Gasteiger partial charge in [0.25, 0.3) is 0 Å². The molecule has 0 bridgehead atoms. The molecular weight excluding hydrogens is 246 g/mol. The molecule has 1 atom stereocenters. The van der Waals surface area contributed by atoms with Gasteiger partial charge in [0.05, 0.1) is 0 Å². The van der Waals surface area contributed by atoms with Crippen LogP contribution in [0.25, 0.3) is 0 Å². The van der Waals surface area contributed by atoms with Crippen molar-refractivity contribution < 1.29 is 14.7 Å². The highest BCUT2D eigenvalue weighted by molar-refractivity contribution is 5.82. The Labute approximate surface area is 115 Å². The molecule has 0 heterocycles. The standard InChI is InChI=1S/C13H27N3O3/c1-5-8-16(6-2)9-7-14-13(19)15-11(10(3)4)12(17)18/h10-11H,5-9H2,1-4H3,(H,17,18)(H2,14,15,19). The summed E-state index contributed by atoms with van der Waals surface area (Å²) in [5.41, 5.74) is 0. The van der Waals surface area contributed by atoms with Crippen LogP contribution < -0.4 is 10.6 Å². The van der Waals surface area contributed by atoms with Crippen LogP contribution in [-0.4, -0.2) is 54.2 Å². The van der Waals surface area contributed by atoms with E-state index in [1.165, 1.54) is 0 Å². The number of likely N-dealkylation sites (N-methyl/N-ethyl adjacent to an activating group) is 1. The van der Waals surface area contributed by atoms with E-state index < -0.39 is 18.0 Å². The maximum absolute atomic E-state index is 11.6. The molecule has 1 unspecified atom stereocenters. The Hall–Kier alpha value is -1.30. The van der Waals surface area contributed by atoms with Gasteiger partial charge in [-0.05, 0) is 25.4 Å². The zero-order chi connectivity index (χ0) is 14.8.